The standard InChI is InChI=1S/C29H33FN4O3/c1-36-26-12-13-27(32-28(26)37-25-6-2-3-7-25)34(20-21-5-4-16-31-19-21)24-14-17-33(18-15-24)29(35)22-8-10-23(30)11-9-22/h4-5,8-13,16,19,24-25H,2-3,6-7,14-15,17-18,20H2,1H3. The van der Waals surface area contributed by atoms with Crippen molar-refractivity contribution in [1.82, 2.24) is 14.9 Å². The lowest BCUT2D eigenvalue weighted by molar-refractivity contribution is 0.0711. The number of halogens is 1. The number of piperidine rings is 1. The molecule has 8 heteroatoms. The molecule has 0 radical (unpaired) electrons. The highest BCUT2D eigenvalue weighted by atomic mass is 19.1. The predicted molar refractivity (Wildman–Crippen MR) is 139 cm³/mol. The van der Waals surface area contributed by atoms with Crippen molar-refractivity contribution in [3.05, 3.63) is 77.9 Å². The van der Waals surface area contributed by atoms with Gasteiger partial charge >= 0.3 is 0 Å². The van der Waals surface area contributed by atoms with E-state index in [0.717, 1.165) is 37.1 Å². The van der Waals surface area contributed by atoms with Gasteiger partial charge in [-0.05, 0) is 86.6 Å². The molecule has 5 rings (SSSR count). The Morgan fingerprint density at radius 3 is 2.49 bits per heavy atom. The summed E-state index contributed by atoms with van der Waals surface area (Å²) in [6.45, 7) is 1.88. The van der Waals surface area contributed by atoms with Crippen molar-refractivity contribution >= 4 is 11.7 Å². The Morgan fingerprint density at radius 1 is 1.05 bits per heavy atom. The van der Waals surface area contributed by atoms with Gasteiger partial charge in [0.15, 0.2) is 5.75 Å². The molecule has 1 aromatic carbocycles. The summed E-state index contributed by atoms with van der Waals surface area (Å²) < 4.78 is 25.1. The number of aromatic nitrogens is 2. The second-order valence-electron chi connectivity index (χ2n) is 9.72. The Labute approximate surface area is 217 Å². The fourth-order valence-electron chi connectivity index (χ4n) is 5.22. The van der Waals surface area contributed by atoms with E-state index in [0.29, 0.717) is 36.8 Å². The minimum absolute atomic E-state index is 0.0629. The largest absolute Gasteiger partial charge is 0.491 e. The molecule has 1 saturated carbocycles. The highest BCUT2D eigenvalue weighted by molar-refractivity contribution is 5.94. The molecule has 0 atom stereocenters. The lowest BCUT2D eigenvalue weighted by Gasteiger charge is -2.39. The first-order chi connectivity index (χ1) is 18.1. The second kappa shape index (κ2) is 11.6. The van der Waals surface area contributed by atoms with Crippen molar-refractivity contribution in [2.24, 2.45) is 0 Å². The molecule has 0 unspecified atom stereocenters. The van der Waals surface area contributed by atoms with Crippen LogP contribution in [0.2, 0.25) is 0 Å². The molecule has 0 spiro atoms. The molecule has 3 heterocycles. The number of hydrogen-bond acceptors (Lipinski definition) is 6. The number of methoxy groups -OCH3 is 1. The van der Waals surface area contributed by atoms with Gasteiger partial charge in [0.2, 0.25) is 0 Å². The zero-order chi connectivity index (χ0) is 25.6. The van der Waals surface area contributed by atoms with Gasteiger partial charge in [-0.2, -0.15) is 4.98 Å². The van der Waals surface area contributed by atoms with Crippen LogP contribution in [0.3, 0.4) is 0 Å². The molecule has 1 aliphatic heterocycles. The van der Waals surface area contributed by atoms with Gasteiger partial charge in [0.25, 0.3) is 11.8 Å². The number of carbonyl (C=O) groups is 1. The number of rotatable bonds is 8. The molecule has 2 fully saturated rings. The van der Waals surface area contributed by atoms with E-state index in [1.807, 2.05) is 29.3 Å². The molecule has 3 aromatic rings. The SMILES string of the molecule is COc1ccc(N(Cc2cccnc2)C2CCN(C(=O)c3ccc(F)cc3)CC2)nc1OC1CCCC1. The van der Waals surface area contributed by atoms with E-state index in [-0.39, 0.29) is 23.9 Å². The van der Waals surface area contributed by atoms with E-state index in [2.05, 4.69) is 16.0 Å². The molecule has 2 aromatic heterocycles. The van der Waals surface area contributed by atoms with Crippen molar-refractivity contribution < 1.29 is 18.7 Å². The van der Waals surface area contributed by atoms with E-state index in [9.17, 15) is 9.18 Å². The van der Waals surface area contributed by atoms with Crippen LogP contribution < -0.4 is 14.4 Å². The van der Waals surface area contributed by atoms with Crippen LogP contribution in [0.15, 0.2) is 60.9 Å². The number of amides is 1. The van der Waals surface area contributed by atoms with Crippen molar-refractivity contribution in [3.63, 3.8) is 0 Å². The second-order valence-corrected chi connectivity index (χ2v) is 9.72. The summed E-state index contributed by atoms with van der Waals surface area (Å²) in [6.07, 6.45) is 9.82. The van der Waals surface area contributed by atoms with Gasteiger partial charge in [0.1, 0.15) is 17.7 Å². The Balaban J connectivity index is 1.35. The number of carbonyl (C=O) groups excluding carboxylic acids is 1. The molecule has 7 nitrogen and oxygen atoms in total. The smallest absolute Gasteiger partial charge is 0.259 e. The zero-order valence-corrected chi connectivity index (χ0v) is 21.2. The monoisotopic (exact) mass is 504 g/mol. The van der Waals surface area contributed by atoms with E-state index in [4.69, 9.17) is 14.5 Å². The number of likely N-dealkylation sites (tertiary alicyclic amines) is 1. The van der Waals surface area contributed by atoms with Crippen LogP contribution in [0.4, 0.5) is 10.2 Å². The summed E-state index contributed by atoms with van der Waals surface area (Å²) in [6, 6.07) is 13.8. The maximum absolute atomic E-state index is 13.3. The van der Waals surface area contributed by atoms with Crippen LogP contribution in [-0.4, -0.2) is 53.1 Å². The summed E-state index contributed by atoms with van der Waals surface area (Å²) >= 11 is 0. The third kappa shape index (κ3) is 6.01. The molecular formula is C29H33FN4O3. The third-order valence-corrected chi connectivity index (χ3v) is 7.26. The summed E-state index contributed by atoms with van der Waals surface area (Å²) in [7, 11) is 1.64. The van der Waals surface area contributed by atoms with Gasteiger partial charge in [-0.25, -0.2) is 4.39 Å². The Kier molecular flexibility index (Phi) is 7.82. The van der Waals surface area contributed by atoms with Crippen LogP contribution in [-0.2, 0) is 6.54 Å². The van der Waals surface area contributed by atoms with Gasteiger partial charge in [-0.1, -0.05) is 6.07 Å². The summed E-state index contributed by atoms with van der Waals surface area (Å²) in [5.41, 5.74) is 1.60. The Hall–Kier alpha value is -3.68. The molecule has 1 saturated heterocycles. The number of ether oxygens (including phenoxy) is 2. The first-order valence-electron chi connectivity index (χ1n) is 13.0. The first-order valence-corrected chi connectivity index (χ1v) is 13.0. The molecule has 0 bridgehead atoms. The van der Waals surface area contributed by atoms with Crippen LogP contribution in [0.1, 0.15) is 54.4 Å². The number of benzene rings is 1. The van der Waals surface area contributed by atoms with E-state index >= 15 is 0 Å². The van der Waals surface area contributed by atoms with Crippen LogP contribution in [0.5, 0.6) is 11.6 Å². The summed E-state index contributed by atoms with van der Waals surface area (Å²) in [4.78, 5) is 26.3. The average molecular weight is 505 g/mol. The first kappa shape index (κ1) is 25.0. The third-order valence-electron chi connectivity index (χ3n) is 7.26. The van der Waals surface area contributed by atoms with Gasteiger partial charge in [0.05, 0.1) is 7.11 Å². The lowest BCUT2D eigenvalue weighted by atomic mass is 10.0. The molecule has 194 valence electrons. The van der Waals surface area contributed by atoms with Gasteiger partial charge in [-0.3, -0.25) is 9.78 Å². The number of anilines is 1. The molecule has 1 aliphatic carbocycles. The van der Waals surface area contributed by atoms with Gasteiger partial charge in [-0.15, -0.1) is 0 Å². The maximum atomic E-state index is 13.3. The fourth-order valence-corrected chi connectivity index (χ4v) is 5.22. The lowest BCUT2D eigenvalue weighted by Crippen LogP contribution is -2.47. The normalized spacial score (nSPS) is 16.5. The zero-order valence-electron chi connectivity index (χ0n) is 21.2. The van der Waals surface area contributed by atoms with E-state index in [1.165, 1.54) is 25.0 Å². The van der Waals surface area contributed by atoms with Crippen molar-refractivity contribution in [2.45, 2.75) is 57.2 Å². The molecule has 37 heavy (non-hydrogen) atoms. The minimum Gasteiger partial charge on any atom is -0.491 e. The summed E-state index contributed by atoms with van der Waals surface area (Å²) in [5, 5.41) is 0. The van der Waals surface area contributed by atoms with Gasteiger partial charge < -0.3 is 19.3 Å². The number of pyridine rings is 2. The Bertz CT molecular complexity index is 1180. The highest BCUT2D eigenvalue weighted by Gasteiger charge is 2.29. The molecule has 1 amide bonds. The van der Waals surface area contributed by atoms with E-state index in [1.54, 1.807) is 25.4 Å². The van der Waals surface area contributed by atoms with Crippen molar-refractivity contribution in [3.8, 4) is 11.6 Å². The number of nitrogens with zero attached hydrogens (tertiary/aromatic N) is 4. The van der Waals surface area contributed by atoms with Crippen molar-refractivity contribution in [2.75, 3.05) is 25.1 Å². The minimum atomic E-state index is -0.343. The van der Waals surface area contributed by atoms with Crippen LogP contribution in [0.25, 0.3) is 0 Å². The average Bonchev–Trinajstić information content (AvgIpc) is 3.46. The highest BCUT2D eigenvalue weighted by Crippen LogP contribution is 2.34. The van der Waals surface area contributed by atoms with Crippen LogP contribution >= 0.6 is 0 Å². The molecular weight excluding hydrogens is 471 g/mol. The van der Waals surface area contributed by atoms with Crippen molar-refractivity contribution in [1.29, 1.82) is 0 Å². The van der Waals surface area contributed by atoms with Crippen LogP contribution in [0, 0.1) is 5.82 Å². The fraction of sp³-hybridized carbons (Fsp3) is 0.414. The predicted octanol–water partition coefficient (Wildman–Crippen LogP) is 5.26. The maximum Gasteiger partial charge on any atom is 0.259 e. The molecule has 0 N–H and O–H groups in total. The van der Waals surface area contributed by atoms with Gasteiger partial charge in [0, 0.05) is 43.6 Å². The topological polar surface area (TPSA) is 67.8 Å². The Morgan fingerprint density at radius 2 is 1.81 bits per heavy atom. The quantitative estimate of drug-likeness (QED) is 0.417. The van der Waals surface area contributed by atoms with E-state index < -0.39 is 0 Å². The molecule has 2 aliphatic rings. The summed E-state index contributed by atoms with van der Waals surface area (Å²) in [5.74, 6) is 1.58. The number of hydrogen-bond donors (Lipinski definition) is 0.